The van der Waals surface area contributed by atoms with E-state index in [1.54, 1.807) is 0 Å². The van der Waals surface area contributed by atoms with Crippen LogP contribution in [0.25, 0.3) is 0 Å². The number of hydrogen-bond acceptors (Lipinski definition) is 3. The van der Waals surface area contributed by atoms with Crippen molar-refractivity contribution in [3.63, 3.8) is 0 Å². The number of aromatic nitrogens is 1. The van der Waals surface area contributed by atoms with Gasteiger partial charge in [0.15, 0.2) is 0 Å². The molecule has 0 aliphatic heterocycles. The fourth-order valence-electron chi connectivity index (χ4n) is 2.65. The lowest BCUT2D eigenvalue weighted by molar-refractivity contribution is 0.153. The zero-order valence-electron chi connectivity index (χ0n) is 10.3. The Hall–Kier alpha value is -0.930. The van der Waals surface area contributed by atoms with Gasteiger partial charge in [-0.05, 0) is 49.4 Å². The van der Waals surface area contributed by atoms with E-state index >= 15 is 0 Å². The number of aliphatic hydroxyl groups is 1. The zero-order valence-corrected chi connectivity index (χ0v) is 10.3. The molecule has 1 aliphatic carbocycles. The minimum Gasteiger partial charge on any atom is -0.396 e. The highest BCUT2D eigenvalue weighted by molar-refractivity contribution is 5.09. The fraction of sp³-hybridized carbons (Fsp3) is 0.643. The van der Waals surface area contributed by atoms with Gasteiger partial charge in [0.2, 0.25) is 0 Å². The van der Waals surface area contributed by atoms with E-state index in [1.165, 1.54) is 31.2 Å². The second-order valence-electron chi connectivity index (χ2n) is 4.89. The van der Waals surface area contributed by atoms with Crippen molar-refractivity contribution in [2.24, 2.45) is 5.92 Å². The molecule has 1 saturated carbocycles. The second kappa shape index (κ2) is 6.72. The summed E-state index contributed by atoms with van der Waals surface area (Å²) in [6.45, 7) is 1.32. The molecule has 0 radical (unpaired) electrons. The van der Waals surface area contributed by atoms with Gasteiger partial charge in [-0.3, -0.25) is 4.98 Å². The van der Waals surface area contributed by atoms with E-state index < -0.39 is 0 Å². The summed E-state index contributed by atoms with van der Waals surface area (Å²) in [6, 6.07) is 4.63. The minimum atomic E-state index is 0.326. The van der Waals surface area contributed by atoms with Crippen LogP contribution in [-0.2, 0) is 6.42 Å². The smallest absolute Gasteiger partial charge is 0.0474 e. The fourth-order valence-corrected chi connectivity index (χ4v) is 2.65. The first-order valence-corrected chi connectivity index (χ1v) is 6.63. The molecule has 17 heavy (non-hydrogen) atoms. The van der Waals surface area contributed by atoms with Crippen LogP contribution in [0.5, 0.6) is 0 Å². The van der Waals surface area contributed by atoms with Gasteiger partial charge < -0.3 is 10.4 Å². The molecule has 3 nitrogen and oxygen atoms in total. The predicted molar refractivity (Wildman–Crippen MR) is 68.8 cm³/mol. The van der Waals surface area contributed by atoms with E-state index in [0.29, 0.717) is 18.6 Å². The van der Waals surface area contributed by atoms with Crippen LogP contribution in [-0.4, -0.2) is 29.3 Å². The lowest BCUT2D eigenvalue weighted by atomic mass is 9.85. The van der Waals surface area contributed by atoms with E-state index in [0.717, 1.165) is 13.0 Å². The van der Waals surface area contributed by atoms with Crippen LogP contribution >= 0.6 is 0 Å². The van der Waals surface area contributed by atoms with Crippen LogP contribution in [0, 0.1) is 5.92 Å². The van der Waals surface area contributed by atoms with Crippen molar-refractivity contribution in [3.05, 3.63) is 30.1 Å². The molecule has 2 unspecified atom stereocenters. The standard InChI is InChI=1S/C14H22N2O/c17-11-13-3-1-2-4-14(13)16-10-7-12-5-8-15-9-6-12/h5-6,8-9,13-14,16-17H,1-4,7,10-11H2. The van der Waals surface area contributed by atoms with Crippen molar-refractivity contribution in [2.45, 2.75) is 38.1 Å². The second-order valence-corrected chi connectivity index (χ2v) is 4.89. The Bertz CT molecular complexity index is 315. The summed E-state index contributed by atoms with van der Waals surface area (Å²) in [5.74, 6) is 0.459. The molecule has 1 fully saturated rings. The van der Waals surface area contributed by atoms with Crippen molar-refractivity contribution in [1.29, 1.82) is 0 Å². The Balaban J connectivity index is 1.74. The summed E-state index contributed by atoms with van der Waals surface area (Å²) in [7, 11) is 0. The molecule has 1 heterocycles. The first-order chi connectivity index (χ1) is 8.40. The van der Waals surface area contributed by atoms with E-state index in [2.05, 4.69) is 22.4 Å². The van der Waals surface area contributed by atoms with Gasteiger partial charge >= 0.3 is 0 Å². The highest BCUT2D eigenvalue weighted by atomic mass is 16.3. The number of hydrogen-bond donors (Lipinski definition) is 2. The van der Waals surface area contributed by atoms with Crippen LogP contribution in [0.3, 0.4) is 0 Å². The molecule has 2 atom stereocenters. The third-order valence-corrected chi connectivity index (χ3v) is 3.71. The van der Waals surface area contributed by atoms with Gasteiger partial charge in [-0.15, -0.1) is 0 Å². The van der Waals surface area contributed by atoms with Crippen LogP contribution in [0.4, 0.5) is 0 Å². The van der Waals surface area contributed by atoms with Gasteiger partial charge in [0, 0.05) is 25.0 Å². The Kier molecular flexibility index (Phi) is 4.95. The Morgan fingerprint density at radius 3 is 2.76 bits per heavy atom. The van der Waals surface area contributed by atoms with Crippen molar-refractivity contribution in [2.75, 3.05) is 13.2 Å². The molecule has 1 aromatic rings. The van der Waals surface area contributed by atoms with Gasteiger partial charge in [0.25, 0.3) is 0 Å². The summed E-state index contributed by atoms with van der Waals surface area (Å²) >= 11 is 0. The number of nitrogens with zero attached hydrogens (tertiary/aromatic N) is 1. The van der Waals surface area contributed by atoms with E-state index in [9.17, 15) is 5.11 Å². The maximum Gasteiger partial charge on any atom is 0.0474 e. The molecule has 0 bridgehead atoms. The monoisotopic (exact) mass is 234 g/mol. The van der Waals surface area contributed by atoms with Crippen LogP contribution in [0.2, 0.25) is 0 Å². The number of aliphatic hydroxyl groups excluding tert-OH is 1. The molecule has 2 rings (SSSR count). The molecule has 1 aromatic heterocycles. The first kappa shape index (κ1) is 12.5. The number of pyridine rings is 1. The van der Waals surface area contributed by atoms with Crippen molar-refractivity contribution >= 4 is 0 Å². The van der Waals surface area contributed by atoms with Gasteiger partial charge in [-0.2, -0.15) is 0 Å². The first-order valence-electron chi connectivity index (χ1n) is 6.63. The van der Waals surface area contributed by atoms with Crippen molar-refractivity contribution in [1.82, 2.24) is 10.3 Å². The third-order valence-electron chi connectivity index (χ3n) is 3.71. The van der Waals surface area contributed by atoms with Crippen LogP contribution < -0.4 is 5.32 Å². The molecule has 0 aromatic carbocycles. The predicted octanol–water partition coefficient (Wildman–Crippen LogP) is 1.76. The summed E-state index contributed by atoms with van der Waals surface area (Å²) in [5, 5.41) is 12.9. The molecule has 0 amide bonds. The third kappa shape index (κ3) is 3.79. The van der Waals surface area contributed by atoms with Gasteiger partial charge in [0.05, 0.1) is 0 Å². The van der Waals surface area contributed by atoms with Crippen molar-refractivity contribution in [3.8, 4) is 0 Å². The number of nitrogens with one attached hydrogen (secondary N) is 1. The lowest BCUT2D eigenvalue weighted by Crippen LogP contribution is -2.41. The SMILES string of the molecule is OCC1CCCCC1NCCc1ccncc1. The molecular formula is C14H22N2O. The lowest BCUT2D eigenvalue weighted by Gasteiger charge is -2.31. The molecule has 2 N–H and O–H groups in total. The van der Waals surface area contributed by atoms with Crippen LogP contribution in [0.15, 0.2) is 24.5 Å². The highest BCUT2D eigenvalue weighted by Crippen LogP contribution is 2.23. The summed E-state index contributed by atoms with van der Waals surface area (Å²) < 4.78 is 0. The maximum atomic E-state index is 9.33. The summed E-state index contributed by atoms with van der Waals surface area (Å²) in [6.07, 6.45) is 9.66. The number of rotatable bonds is 5. The zero-order chi connectivity index (χ0) is 11.9. The highest BCUT2D eigenvalue weighted by Gasteiger charge is 2.23. The molecule has 0 saturated heterocycles. The topological polar surface area (TPSA) is 45.1 Å². The molecule has 3 heteroatoms. The minimum absolute atomic E-state index is 0.326. The van der Waals surface area contributed by atoms with E-state index in [1.807, 2.05) is 12.4 Å². The Morgan fingerprint density at radius 1 is 1.24 bits per heavy atom. The van der Waals surface area contributed by atoms with Crippen LogP contribution in [0.1, 0.15) is 31.2 Å². The normalized spacial score (nSPS) is 24.8. The Labute approximate surface area is 103 Å². The van der Waals surface area contributed by atoms with E-state index in [4.69, 9.17) is 0 Å². The summed E-state index contributed by atoms with van der Waals surface area (Å²) in [5.41, 5.74) is 1.32. The van der Waals surface area contributed by atoms with Gasteiger partial charge in [0.1, 0.15) is 0 Å². The molecular weight excluding hydrogens is 212 g/mol. The largest absolute Gasteiger partial charge is 0.396 e. The quantitative estimate of drug-likeness (QED) is 0.816. The Morgan fingerprint density at radius 2 is 2.00 bits per heavy atom. The summed E-state index contributed by atoms with van der Waals surface area (Å²) in [4.78, 5) is 4.02. The average Bonchev–Trinajstić information content (AvgIpc) is 2.40. The van der Waals surface area contributed by atoms with Crippen molar-refractivity contribution < 1.29 is 5.11 Å². The maximum absolute atomic E-state index is 9.33. The van der Waals surface area contributed by atoms with Gasteiger partial charge in [-0.1, -0.05) is 12.8 Å². The molecule has 1 aliphatic rings. The van der Waals surface area contributed by atoms with E-state index in [-0.39, 0.29) is 0 Å². The molecule has 0 spiro atoms. The average molecular weight is 234 g/mol. The molecule has 94 valence electrons. The van der Waals surface area contributed by atoms with Gasteiger partial charge in [-0.25, -0.2) is 0 Å².